The van der Waals surface area contributed by atoms with Gasteiger partial charge in [0.2, 0.25) is 0 Å². The van der Waals surface area contributed by atoms with Crippen LogP contribution < -0.4 is 5.32 Å². The molecule has 22 heavy (non-hydrogen) atoms. The number of nitrogens with one attached hydrogen (secondary N) is 1. The molecule has 2 N–H and O–H groups in total. The molecule has 0 saturated carbocycles. The standard InChI is InChI=1S/C14H22N4O4/c1-10-16-11(7-13(17-10)15-3-5-21-2)12-8-18(4-6-22-12)9-14(19)20/h7,12H,3-6,8-9H2,1-2H3,(H,19,20)(H,15,16,17). The minimum atomic E-state index is -0.832. The molecule has 0 radical (unpaired) electrons. The Balaban J connectivity index is 2.05. The Morgan fingerprint density at radius 1 is 1.59 bits per heavy atom. The third kappa shape index (κ3) is 4.90. The van der Waals surface area contributed by atoms with Crippen molar-refractivity contribution in [3.05, 3.63) is 17.6 Å². The van der Waals surface area contributed by atoms with Crippen molar-refractivity contribution in [3.63, 3.8) is 0 Å². The molecule has 1 aliphatic heterocycles. The Morgan fingerprint density at radius 2 is 2.41 bits per heavy atom. The van der Waals surface area contributed by atoms with Crippen LogP contribution in [0.3, 0.4) is 0 Å². The van der Waals surface area contributed by atoms with Gasteiger partial charge in [0.05, 0.1) is 25.5 Å². The topological polar surface area (TPSA) is 96.8 Å². The van der Waals surface area contributed by atoms with Gasteiger partial charge >= 0.3 is 5.97 Å². The summed E-state index contributed by atoms with van der Waals surface area (Å²) in [4.78, 5) is 21.4. The van der Waals surface area contributed by atoms with Crippen molar-refractivity contribution >= 4 is 11.8 Å². The zero-order valence-corrected chi connectivity index (χ0v) is 12.9. The first-order valence-corrected chi connectivity index (χ1v) is 7.22. The summed E-state index contributed by atoms with van der Waals surface area (Å²) in [6, 6.07) is 1.84. The number of hydrogen-bond donors (Lipinski definition) is 2. The SMILES string of the molecule is COCCNc1cc(C2CN(CC(=O)O)CCO2)nc(C)n1. The van der Waals surface area contributed by atoms with E-state index in [0.29, 0.717) is 38.7 Å². The van der Waals surface area contributed by atoms with E-state index >= 15 is 0 Å². The van der Waals surface area contributed by atoms with E-state index in [9.17, 15) is 4.79 Å². The molecular weight excluding hydrogens is 288 g/mol. The van der Waals surface area contributed by atoms with Gasteiger partial charge in [0.1, 0.15) is 17.7 Å². The van der Waals surface area contributed by atoms with Crippen molar-refractivity contribution in [2.24, 2.45) is 0 Å². The minimum absolute atomic E-state index is 0.0167. The van der Waals surface area contributed by atoms with E-state index < -0.39 is 5.97 Å². The molecule has 1 fully saturated rings. The maximum Gasteiger partial charge on any atom is 0.317 e. The molecule has 0 amide bonds. The van der Waals surface area contributed by atoms with Gasteiger partial charge in [-0.1, -0.05) is 0 Å². The molecule has 1 atom stereocenters. The van der Waals surface area contributed by atoms with Gasteiger partial charge in [0, 0.05) is 32.8 Å². The van der Waals surface area contributed by atoms with Gasteiger partial charge in [-0.25, -0.2) is 9.97 Å². The smallest absolute Gasteiger partial charge is 0.317 e. The van der Waals surface area contributed by atoms with Gasteiger partial charge in [-0.2, -0.15) is 0 Å². The Hall–Kier alpha value is -1.77. The number of carboxylic acid groups (broad SMARTS) is 1. The largest absolute Gasteiger partial charge is 0.480 e. The van der Waals surface area contributed by atoms with Crippen molar-refractivity contribution in [2.75, 3.05) is 51.8 Å². The number of nitrogens with zero attached hydrogens (tertiary/aromatic N) is 3. The molecule has 0 bridgehead atoms. The Bertz CT molecular complexity index is 512. The van der Waals surface area contributed by atoms with Crippen molar-refractivity contribution in [2.45, 2.75) is 13.0 Å². The van der Waals surface area contributed by atoms with Crippen LogP contribution in [0.2, 0.25) is 0 Å². The van der Waals surface area contributed by atoms with Gasteiger partial charge in [0.15, 0.2) is 0 Å². The Kier molecular flexibility index (Phi) is 6.05. The quantitative estimate of drug-likeness (QED) is 0.694. The number of aliphatic carboxylic acids is 1. The second kappa shape index (κ2) is 8.02. The predicted octanol–water partition coefficient (Wildman–Crippen LogP) is 0.301. The maximum absolute atomic E-state index is 10.8. The van der Waals surface area contributed by atoms with Gasteiger partial charge in [-0.05, 0) is 6.92 Å². The highest BCUT2D eigenvalue weighted by atomic mass is 16.5. The van der Waals surface area contributed by atoms with Gasteiger partial charge < -0.3 is 19.9 Å². The highest BCUT2D eigenvalue weighted by Crippen LogP contribution is 2.22. The fourth-order valence-corrected chi connectivity index (χ4v) is 2.34. The van der Waals surface area contributed by atoms with Crippen LogP contribution in [-0.2, 0) is 14.3 Å². The van der Waals surface area contributed by atoms with Crippen molar-refractivity contribution < 1.29 is 19.4 Å². The molecule has 1 saturated heterocycles. The van der Waals surface area contributed by atoms with Crippen LogP contribution in [0.4, 0.5) is 5.82 Å². The highest BCUT2D eigenvalue weighted by molar-refractivity contribution is 5.69. The van der Waals surface area contributed by atoms with Crippen molar-refractivity contribution in [3.8, 4) is 0 Å². The first kappa shape index (κ1) is 16.6. The molecule has 0 aliphatic carbocycles. The zero-order chi connectivity index (χ0) is 15.9. The average molecular weight is 310 g/mol. The lowest BCUT2D eigenvalue weighted by Crippen LogP contribution is -2.41. The van der Waals surface area contributed by atoms with Crippen LogP contribution >= 0.6 is 0 Å². The van der Waals surface area contributed by atoms with E-state index in [2.05, 4.69) is 15.3 Å². The maximum atomic E-state index is 10.8. The molecule has 8 nitrogen and oxygen atoms in total. The number of methoxy groups -OCH3 is 1. The normalized spacial score (nSPS) is 19.1. The Labute approximate surface area is 129 Å². The van der Waals surface area contributed by atoms with Crippen LogP contribution in [0.15, 0.2) is 6.07 Å². The summed E-state index contributed by atoms with van der Waals surface area (Å²) in [6.45, 7) is 4.71. The van der Waals surface area contributed by atoms with E-state index in [4.69, 9.17) is 14.6 Å². The molecule has 2 heterocycles. The van der Waals surface area contributed by atoms with E-state index in [1.165, 1.54) is 0 Å². The van der Waals surface area contributed by atoms with Crippen LogP contribution in [0.5, 0.6) is 0 Å². The number of carboxylic acids is 1. The molecule has 2 rings (SSSR count). The lowest BCUT2D eigenvalue weighted by Gasteiger charge is -2.31. The first-order chi connectivity index (χ1) is 10.6. The summed E-state index contributed by atoms with van der Waals surface area (Å²) in [6.07, 6.45) is -0.238. The summed E-state index contributed by atoms with van der Waals surface area (Å²) in [5, 5.41) is 12.1. The number of aryl methyl sites for hydroxylation is 1. The van der Waals surface area contributed by atoms with Crippen LogP contribution in [-0.4, -0.2) is 72.4 Å². The molecule has 1 aliphatic rings. The van der Waals surface area contributed by atoms with E-state index in [1.807, 2.05) is 17.9 Å². The molecule has 1 aromatic heterocycles. The zero-order valence-electron chi connectivity index (χ0n) is 12.9. The van der Waals surface area contributed by atoms with E-state index in [0.717, 1.165) is 11.5 Å². The van der Waals surface area contributed by atoms with Gasteiger partial charge in [-0.3, -0.25) is 9.69 Å². The second-order valence-electron chi connectivity index (χ2n) is 5.13. The summed E-state index contributed by atoms with van der Waals surface area (Å²) in [7, 11) is 1.64. The predicted molar refractivity (Wildman–Crippen MR) is 79.9 cm³/mol. The number of carbonyl (C=O) groups is 1. The fraction of sp³-hybridized carbons (Fsp3) is 0.643. The number of aromatic nitrogens is 2. The molecule has 1 aromatic rings. The minimum Gasteiger partial charge on any atom is -0.480 e. The number of rotatable bonds is 7. The van der Waals surface area contributed by atoms with Gasteiger partial charge in [0.25, 0.3) is 0 Å². The third-order valence-electron chi connectivity index (χ3n) is 3.31. The van der Waals surface area contributed by atoms with Crippen LogP contribution in [0.1, 0.15) is 17.6 Å². The number of morpholine rings is 1. The van der Waals surface area contributed by atoms with E-state index in [1.54, 1.807) is 7.11 Å². The van der Waals surface area contributed by atoms with Crippen LogP contribution in [0.25, 0.3) is 0 Å². The summed E-state index contributed by atoms with van der Waals surface area (Å²) >= 11 is 0. The van der Waals surface area contributed by atoms with E-state index in [-0.39, 0.29) is 12.6 Å². The molecule has 8 heteroatoms. The lowest BCUT2D eigenvalue weighted by molar-refractivity contribution is -0.140. The van der Waals surface area contributed by atoms with Crippen LogP contribution in [0, 0.1) is 6.92 Å². The first-order valence-electron chi connectivity index (χ1n) is 7.22. The monoisotopic (exact) mass is 310 g/mol. The average Bonchev–Trinajstić information content (AvgIpc) is 2.46. The summed E-state index contributed by atoms with van der Waals surface area (Å²) < 4.78 is 10.7. The summed E-state index contributed by atoms with van der Waals surface area (Å²) in [5.74, 6) is 0.538. The second-order valence-corrected chi connectivity index (χ2v) is 5.13. The number of anilines is 1. The number of hydrogen-bond acceptors (Lipinski definition) is 7. The highest BCUT2D eigenvalue weighted by Gasteiger charge is 2.25. The van der Waals surface area contributed by atoms with Crippen molar-refractivity contribution in [1.82, 2.24) is 14.9 Å². The van der Waals surface area contributed by atoms with Gasteiger partial charge in [-0.15, -0.1) is 0 Å². The molecule has 0 spiro atoms. The molecule has 1 unspecified atom stereocenters. The fourth-order valence-electron chi connectivity index (χ4n) is 2.34. The third-order valence-corrected chi connectivity index (χ3v) is 3.31. The molecule has 0 aromatic carbocycles. The molecular formula is C14H22N4O4. The summed E-state index contributed by atoms with van der Waals surface area (Å²) in [5.41, 5.74) is 0.766. The number of ether oxygens (including phenoxy) is 2. The lowest BCUT2D eigenvalue weighted by atomic mass is 10.2. The Morgan fingerprint density at radius 3 is 3.14 bits per heavy atom. The molecule has 122 valence electrons. The van der Waals surface area contributed by atoms with Crippen molar-refractivity contribution in [1.29, 1.82) is 0 Å².